The van der Waals surface area contributed by atoms with Gasteiger partial charge in [0.25, 0.3) is 0 Å². The maximum Gasteiger partial charge on any atom is 0.164 e. The molecule has 0 radical (unpaired) electrons. The smallest absolute Gasteiger partial charge is 0.164 e. The summed E-state index contributed by atoms with van der Waals surface area (Å²) in [4.78, 5) is 15.8. The number of rotatable bonds is 7. The van der Waals surface area contributed by atoms with Gasteiger partial charge in [-0.3, -0.25) is 0 Å². The molecule has 0 fully saturated rings. The van der Waals surface area contributed by atoms with Crippen LogP contribution in [-0.4, -0.2) is 15.0 Å². The molecule has 0 spiro atoms. The molecule has 0 saturated carbocycles. The van der Waals surface area contributed by atoms with E-state index in [-0.39, 0.29) is 0 Å². The third kappa shape index (κ3) is 7.15. The van der Waals surface area contributed by atoms with E-state index in [1.807, 2.05) is 0 Å². The summed E-state index contributed by atoms with van der Waals surface area (Å²) in [5, 5.41) is 9.52. The van der Waals surface area contributed by atoms with E-state index in [4.69, 9.17) is 15.0 Å². The maximum absolute atomic E-state index is 5.30. The van der Waals surface area contributed by atoms with Gasteiger partial charge in [-0.1, -0.05) is 182 Å². The van der Waals surface area contributed by atoms with Gasteiger partial charge in [0.1, 0.15) is 0 Å². The quantitative estimate of drug-likeness (QED) is 0.161. The van der Waals surface area contributed by atoms with E-state index in [9.17, 15) is 0 Å². The number of fused-ring (bicyclic) bond motifs is 4. The number of benzene rings is 11. The van der Waals surface area contributed by atoms with Crippen LogP contribution in [0.3, 0.4) is 0 Å². The van der Waals surface area contributed by atoms with Gasteiger partial charge in [-0.15, -0.1) is 0 Å². The lowest BCUT2D eigenvalue weighted by molar-refractivity contribution is 1.08. The Morgan fingerprint density at radius 3 is 0.781 bits per heavy atom. The third-order valence-electron chi connectivity index (χ3n) is 12.4. The molecule has 3 heteroatoms. The first-order valence-corrected chi connectivity index (χ1v) is 21.7. The Balaban J connectivity index is 1.05. The molecule has 0 bridgehead atoms. The van der Waals surface area contributed by atoms with Crippen molar-refractivity contribution in [3.63, 3.8) is 0 Å². The third-order valence-corrected chi connectivity index (χ3v) is 12.4. The lowest BCUT2D eigenvalue weighted by atomic mass is 9.92. The molecule has 12 rings (SSSR count). The molecule has 0 aliphatic rings. The van der Waals surface area contributed by atoms with E-state index >= 15 is 0 Å². The fourth-order valence-electron chi connectivity index (χ4n) is 9.00. The highest BCUT2D eigenvalue weighted by Crippen LogP contribution is 2.37. The van der Waals surface area contributed by atoms with Gasteiger partial charge < -0.3 is 0 Å². The predicted molar refractivity (Wildman–Crippen MR) is 268 cm³/mol. The summed E-state index contributed by atoms with van der Waals surface area (Å²) in [7, 11) is 0. The Hall–Kier alpha value is -8.53. The van der Waals surface area contributed by atoms with E-state index in [0.29, 0.717) is 17.5 Å². The first-order chi connectivity index (χ1) is 31.6. The average Bonchev–Trinajstić information content (AvgIpc) is 3.38. The van der Waals surface area contributed by atoms with Crippen LogP contribution in [0.15, 0.2) is 237 Å². The second kappa shape index (κ2) is 15.7. The zero-order chi connectivity index (χ0) is 42.4. The number of hydrogen-bond donors (Lipinski definition) is 0. The minimum atomic E-state index is 0.612. The topological polar surface area (TPSA) is 38.7 Å². The number of nitrogens with zero attached hydrogens (tertiary/aromatic N) is 3. The molecular weight excluding hydrogens is 775 g/mol. The summed E-state index contributed by atoms with van der Waals surface area (Å²) in [5.74, 6) is 1.87. The number of aromatic nitrogens is 3. The fraction of sp³-hybridized carbons (Fsp3) is 0. The summed E-state index contributed by atoms with van der Waals surface area (Å²) in [5.41, 5.74) is 11.8. The van der Waals surface area contributed by atoms with Crippen LogP contribution in [0.25, 0.3) is 122 Å². The van der Waals surface area contributed by atoms with Crippen LogP contribution < -0.4 is 0 Å². The molecule has 0 N–H and O–H groups in total. The van der Waals surface area contributed by atoms with Gasteiger partial charge in [0, 0.05) is 16.7 Å². The molecule has 0 atom stereocenters. The van der Waals surface area contributed by atoms with Crippen molar-refractivity contribution < 1.29 is 0 Å². The molecule has 64 heavy (non-hydrogen) atoms. The SMILES string of the molecule is c1cc(-c2cc(-c3cccc(-c4ccc5ccccc5c4)c3)cc(-c3nc(-c4ccc5ccccc5c4)nc(-c4ccc5ccccc5c4)n3)c2)cc(-c2ccc3ccccc3c2)c1. The molecule has 0 aliphatic carbocycles. The van der Waals surface area contributed by atoms with E-state index in [2.05, 4.69) is 237 Å². The maximum atomic E-state index is 5.30. The summed E-state index contributed by atoms with van der Waals surface area (Å²) >= 11 is 0. The largest absolute Gasteiger partial charge is 0.208 e. The van der Waals surface area contributed by atoms with Crippen LogP contribution in [0.4, 0.5) is 0 Å². The molecule has 12 aromatic rings. The Morgan fingerprint density at radius 1 is 0.156 bits per heavy atom. The number of hydrogen-bond acceptors (Lipinski definition) is 3. The summed E-state index contributed by atoms with van der Waals surface area (Å²) in [6.45, 7) is 0. The molecule has 0 aliphatic heterocycles. The van der Waals surface area contributed by atoms with Crippen LogP contribution in [0.2, 0.25) is 0 Å². The Kier molecular flexibility index (Phi) is 9.16. The molecular formula is C61H39N3. The minimum Gasteiger partial charge on any atom is -0.208 e. The van der Waals surface area contributed by atoms with E-state index in [1.54, 1.807) is 0 Å². The van der Waals surface area contributed by atoms with Gasteiger partial charge >= 0.3 is 0 Å². The highest BCUT2D eigenvalue weighted by atomic mass is 15.0. The molecule has 298 valence electrons. The first kappa shape index (κ1) is 37.2. The first-order valence-electron chi connectivity index (χ1n) is 21.7. The van der Waals surface area contributed by atoms with Crippen molar-refractivity contribution in [1.29, 1.82) is 0 Å². The second-order valence-electron chi connectivity index (χ2n) is 16.5. The molecule has 0 amide bonds. The van der Waals surface area contributed by atoms with Crippen molar-refractivity contribution in [1.82, 2.24) is 15.0 Å². The Labute approximate surface area is 371 Å². The summed E-state index contributed by atoms with van der Waals surface area (Å²) in [6.07, 6.45) is 0. The minimum absolute atomic E-state index is 0.612. The second-order valence-corrected chi connectivity index (χ2v) is 16.5. The van der Waals surface area contributed by atoms with Gasteiger partial charge in [0.05, 0.1) is 0 Å². The van der Waals surface area contributed by atoms with Crippen LogP contribution in [0.5, 0.6) is 0 Å². The zero-order valence-electron chi connectivity index (χ0n) is 34.9. The van der Waals surface area contributed by atoms with Crippen molar-refractivity contribution in [2.45, 2.75) is 0 Å². The van der Waals surface area contributed by atoms with E-state index in [1.165, 1.54) is 43.4 Å². The highest BCUT2D eigenvalue weighted by molar-refractivity contribution is 5.92. The fourth-order valence-corrected chi connectivity index (χ4v) is 9.00. The molecule has 0 saturated heterocycles. The van der Waals surface area contributed by atoms with Crippen LogP contribution in [-0.2, 0) is 0 Å². The normalized spacial score (nSPS) is 11.4. The Morgan fingerprint density at radius 2 is 0.406 bits per heavy atom. The lowest BCUT2D eigenvalue weighted by Crippen LogP contribution is -2.01. The van der Waals surface area contributed by atoms with Crippen LogP contribution in [0, 0.1) is 0 Å². The van der Waals surface area contributed by atoms with Crippen molar-refractivity contribution in [3.05, 3.63) is 237 Å². The molecule has 1 aromatic heterocycles. The van der Waals surface area contributed by atoms with Crippen molar-refractivity contribution in [2.75, 3.05) is 0 Å². The Bertz CT molecular complexity index is 3520. The monoisotopic (exact) mass is 813 g/mol. The zero-order valence-corrected chi connectivity index (χ0v) is 34.9. The van der Waals surface area contributed by atoms with Gasteiger partial charge in [-0.25, -0.2) is 15.0 Å². The molecule has 1 heterocycles. The molecule has 3 nitrogen and oxygen atoms in total. The lowest BCUT2D eigenvalue weighted by Gasteiger charge is -2.14. The van der Waals surface area contributed by atoms with Gasteiger partial charge in [-0.2, -0.15) is 0 Å². The molecule has 11 aromatic carbocycles. The standard InChI is InChI=1S/C61H39N3/c1-5-15-44-31-52(27-23-40(44)11-1)48-19-9-21-50(33-48)56-37-57(51-22-10-20-49(34-51)53-28-24-41-12-2-6-16-45(41)32-53)39-58(38-56)61-63-59(54-29-25-42-13-3-7-17-46(42)35-54)62-60(64-61)55-30-26-43-14-4-8-18-47(43)36-55/h1-39H. The van der Waals surface area contributed by atoms with E-state index in [0.717, 1.165) is 60.8 Å². The van der Waals surface area contributed by atoms with Crippen molar-refractivity contribution in [3.8, 4) is 78.7 Å². The molecule has 0 unspecified atom stereocenters. The average molecular weight is 814 g/mol. The highest BCUT2D eigenvalue weighted by Gasteiger charge is 2.17. The summed E-state index contributed by atoms with van der Waals surface area (Å²) < 4.78 is 0. The van der Waals surface area contributed by atoms with Gasteiger partial charge in [0.15, 0.2) is 17.5 Å². The van der Waals surface area contributed by atoms with Gasteiger partial charge in [-0.05, 0) is 142 Å². The van der Waals surface area contributed by atoms with Crippen molar-refractivity contribution in [2.24, 2.45) is 0 Å². The predicted octanol–water partition coefficient (Wildman–Crippen LogP) is 16.2. The van der Waals surface area contributed by atoms with Crippen LogP contribution in [0.1, 0.15) is 0 Å². The van der Waals surface area contributed by atoms with Crippen molar-refractivity contribution >= 4 is 43.1 Å². The van der Waals surface area contributed by atoms with Gasteiger partial charge in [0.2, 0.25) is 0 Å². The summed E-state index contributed by atoms with van der Waals surface area (Å²) in [6, 6.07) is 84.7. The van der Waals surface area contributed by atoms with E-state index < -0.39 is 0 Å². The van der Waals surface area contributed by atoms with Crippen LogP contribution >= 0.6 is 0 Å².